The van der Waals surface area contributed by atoms with Crippen molar-refractivity contribution < 1.29 is 14.3 Å². The molecule has 0 spiro atoms. The van der Waals surface area contributed by atoms with Crippen molar-refractivity contribution in [2.24, 2.45) is 0 Å². The van der Waals surface area contributed by atoms with Gasteiger partial charge in [0.2, 0.25) is 0 Å². The van der Waals surface area contributed by atoms with Crippen LogP contribution in [0.1, 0.15) is 32.6 Å². The number of carbonyl (C=O) groups excluding carboxylic acids is 2. The Hall–Kier alpha value is -3.46. The molecule has 126 valence electrons. The van der Waals surface area contributed by atoms with Crippen LogP contribution in [0.15, 0.2) is 78.9 Å². The largest absolute Gasteiger partial charge is 0.465 e. The Balaban J connectivity index is 2.15. The van der Waals surface area contributed by atoms with Gasteiger partial charge in [-0.05, 0) is 16.7 Å². The Labute approximate surface area is 151 Å². The maximum atomic E-state index is 12.9. The van der Waals surface area contributed by atoms with Crippen molar-refractivity contribution in [1.82, 2.24) is 0 Å². The molecule has 26 heavy (non-hydrogen) atoms. The Morgan fingerprint density at radius 3 is 1.65 bits per heavy atom. The Morgan fingerprint density at radius 1 is 0.692 bits per heavy atom. The first-order valence-electron chi connectivity index (χ1n) is 8.34. The number of ketones is 1. The first kappa shape index (κ1) is 16.0. The summed E-state index contributed by atoms with van der Waals surface area (Å²) in [7, 11) is 1.37. The van der Waals surface area contributed by atoms with Crippen molar-refractivity contribution in [2.75, 3.05) is 7.11 Å². The first-order chi connectivity index (χ1) is 12.7. The lowest BCUT2D eigenvalue weighted by Crippen LogP contribution is -2.17. The fourth-order valence-electron chi connectivity index (χ4n) is 3.43. The highest BCUT2D eigenvalue weighted by atomic mass is 16.5. The summed E-state index contributed by atoms with van der Waals surface area (Å²) >= 11 is 0. The summed E-state index contributed by atoms with van der Waals surface area (Å²) in [5, 5.41) is 0. The molecule has 0 saturated heterocycles. The van der Waals surface area contributed by atoms with Crippen LogP contribution in [0.4, 0.5) is 0 Å². The molecule has 0 fully saturated rings. The van der Waals surface area contributed by atoms with E-state index in [2.05, 4.69) is 0 Å². The summed E-state index contributed by atoms with van der Waals surface area (Å²) < 4.78 is 5.10. The number of hydrogen-bond donors (Lipinski definition) is 0. The molecular formula is C23H16O3. The summed E-state index contributed by atoms with van der Waals surface area (Å²) in [6, 6.07) is 24.2. The van der Waals surface area contributed by atoms with Gasteiger partial charge in [0, 0.05) is 16.7 Å². The zero-order chi connectivity index (χ0) is 18.1. The molecular weight excluding hydrogens is 324 g/mol. The number of hydrogen-bond acceptors (Lipinski definition) is 3. The summed E-state index contributed by atoms with van der Waals surface area (Å²) in [4.78, 5) is 25.7. The highest BCUT2D eigenvalue weighted by molar-refractivity contribution is 6.31. The van der Waals surface area contributed by atoms with E-state index < -0.39 is 5.97 Å². The zero-order valence-corrected chi connectivity index (χ0v) is 14.2. The minimum atomic E-state index is -0.426. The number of methoxy groups -OCH3 is 1. The highest BCUT2D eigenvalue weighted by Crippen LogP contribution is 2.40. The molecule has 3 heteroatoms. The maximum Gasteiger partial charge on any atom is 0.339 e. The lowest BCUT2D eigenvalue weighted by atomic mass is 9.78. The molecule has 3 aromatic rings. The number of rotatable bonds is 2. The van der Waals surface area contributed by atoms with E-state index in [9.17, 15) is 9.59 Å². The van der Waals surface area contributed by atoms with Crippen molar-refractivity contribution in [3.63, 3.8) is 0 Å². The smallest absolute Gasteiger partial charge is 0.339 e. The van der Waals surface area contributed by atoms with E-state index in [4.69, 9.17) is 4.74 Å². The van der Waals surface area contributed by atoms with Gasteiger partial charge in [0.1, 0.15) is 0 Å². The van der Waals surface area contributed by atoms with Gasteiger partial charge < -0.3 is 4.74 Å². The van der Waals surface area contributed by atoms with Gasteiger partial charge in [-0.25, -0.2) is 4.79 Å². The van der Waals surface area contributed by atoms with Gasteiger partial charge in [-0.2, -0.15) is 0 Å². The van der Waals surface area contributed by atoms with Crippen LogP contribution in [-0.4, -0.2) is 18.9 Å². The van der Waals surface area contributed by atoms with Crippen molar-refractivity contribution >= 4 is 22.9 Å². The number of fused-ring (bicyclic) bond motifs is 2. The Morgan fingerprint density at radius 2 is 1.15 bits per heavy atom. The van der Waals surface area contributed by atoms with Gasteiger partial charge in [-0.15, -0.1) is 0 Å². The quantitative estimate of drug-likeness (QED) is 0.402. The van der Waals surface area contributed by atoms with E-state index in [-0.39, 0.29) is 5.78 Å². The SMILES string of the molecule is COC(=O)C(=C1c2ccccc2C(=O)c2ccccc21)c1ccccc1. The minimum Gasteiger partial charge on any atom is -0.465 e. The Bertz CT molecular complexity index is 994. The van der Waals surface area contributed by atoms with E-state index >= 15 is 0 Å². The molecule has 0 amide bonds. The topological polar surface area (TPSA) is 43.4 Å². The summed E-state index contributed by atoms with van der Waals surface area (Å²) in [5.74, 6) is -0.456. The second kappa shape index (κ2) is 6.45. The van der Waals surface area contributed by atoms with Gasteiger partial charge in [-0.1, -0.05) is 78.9 Å². The molecule has 0 heterocycles. The number of carbonyl (C=O) groups is 2. The standard InChI is InChI=1S/C23H16O3/c1-26-23(25)20(15-9-3-2-4-10-15)21-16-11-5-7-13-18(16)22(24)19-14-8-6-12-17(19)21/h2-14H,1H3. The van der Waals surface area contributed by atoms with Crippen LogP contribution < -0.4 is 0 Å². The monoisotopic (exact) mass is 340 g/mol. The molecule has 4 rings (SSSR count). The fourth-order valence-corrected chi connectivity index (χ4v) is 3.43. The van der Waals surface area contributed by atoms with Crippen molar-refractivity contribution in [2.45, 2.75) is 0 Å². The number of benzene rings is 3. The molecule has 3 aromatic carbocycles. The molecule has 0 N–H and O–H groups in total. The van der Waals surface area contributed by atoms with Gasteiger partial charge in [-0.3, -0.25) is 4.79 Å². The third kappa shape index (κ3) is 2.45. The highest BCUT2D eigenvalue weighted by Gasteiger charge is 2.31. The van der Waals surface area contributed by atoms with Crippen molar-refractivity contribution in [3.8, 4) is 0 Å². The molecule has 0 aliphatic heterocycles. The molecule has 1 aliphatic carbocycles. The average Bonchev–Trinajstić information content (AvgIpc) is 2.71. The number of esters is 1. The molecule has 0 saturated carbocycles. The molecule has 0 aromatic heterocycles. The van der Waals surface area contributed by atoms with Crippen LogP contribution in [0, 0.1) is 0 Å². The van der Waals surface area contributed by atoms with Crippen LogP contribution in [-0.2, 0) is 9.53 Å². The third-order valence-electron chi connectivity index (χ3n) is 4.58. The molecule has 0 unspecified atom stereocenters. The van der Waals surface area contributed by atoms with Gasteiger partial charge in [0.15, 0.2) is 5.78 Å². The summed E-state index contributed by atoms with van der Waals surface area (Å²) in [6.45, 7) is 0. The zero-order valence-electron chi connectivity index (χ0n) is 14.2. The van der Waals surface area contributed by atoms with Crippen LogP contribution >= 0.6 is 0 Å². The van der Waals surface area contributed by atoms with E-state index in [1.165, 1.54) is 7.11 Å². The molecule has 0 bridgehead atoms. The second-order valence-electron chi connectivity index (χ2n) is 6.03. The summed E-state index contributed by atoms with van der Waals surface area (Å²) in [5.41, 5.74) is 4.64. The molecule has 3 nitrogen and oxygen atoms in total. The van der Waals surface area contributed by atoms with E-state index in [1.807, 2.05) is 66.7 Å². The van der Waals surface area contributed by atoms with E-state index in [0.717, 1.165) is 22.3 Å². The fraction of sp³-hybridized carbons (Fsp3) is 0.0435. The normalized spacial score (nSPS) is 12.2. The van der Waals surface area contributed by atoms with Crippen LogP contribution in [0.25, 0.3) is 11.1 Å². The first-order valence-corrected chi connectivity index (χ1v) is 8.34. The Kier molecular flexibility index (Phi) is 3.98. The van der Waals surface area contributed by atoms with Gasteiger partial charge in [0.25, 0.3) is 0 Å². The minimum absolute atomic E-state index is 0.0303. The van der Waals surface area contributed by atoms with Crippen LogP contribution in [0.2, 0.25) is 0 Å². The average molecular weight is 340 g/mol. The molecule has 0 atom stereocenters. The lowest BCUT2D eigenvalue weighted by molar-refractivity contribution is -0.133. The maximum absolute atomic E-state index is 12.9. The molecule has 1 aliphatic rings. The van der Waals surface area contributed by atoms with Crippen molar-refractivity contribution in [1.29, 1.82) is 0 Å². The van der Waals surface area contributed by atoms with Crippen LogP contribution in [0.5, 0.6) is 0 Å². The molecule has 0 radical (unpaired) electrons. The number of ether oxygens (including phenoxy) is 1. The van der Waals surface area contributed by atoms with Gasteiger partial charge >= 0.3 is 5.97 Å². The van der Waals surface area contributed by atoms with Gasteiger partial charge in [0.05, 0.1) is 12.7 Å². The third-order valence-corrected chi connectivity index (χ3v) is 4.58. The predicted molar refractivity (Wildman–Crippen MR) is 101 cm³/mol. The summed E-state index contributed by atoms with van der Waals surface area (Å²) in [6.07, 6.45) is 0. The second-order valence-corrected chi connectivity index (χ2v) is 6.03. The van der Waals surface area contributed by atoms with Crippen molar-refractivity contribution in [3.05, 3.63) is 107 Å². The lowest BCUT2D eigenvalue weighted by Gasteiger charge is -2.24. The predicted octanol–water partition coefficient (Wildman–Crippen LogP) is 4.36. The van der Waals surface area contributed by atoms with E-state index in [0.29, 0.717) is 16.7 Å². The van der Waals surface area contributed by atoms with Crippen LogP contribution in [0.3, 0.4) is 0 Å². The van der Waals surface area contributed by atoms with E-state index in [1.54, 1.807) is 12.1 Å².